The van der Waals surface area contributed by atoms with Crippen molar-refractivity contribution < 1.29 is 4.79 Å². The summed E-state index contributed by atoms with van der Waals surface area (Å²) in [7, 11) is 0. The third-order valence-corrected chi connectivity index (χ3v) is 4.65. The highest BCUT2D eigenvalue weighted by molar-refractivity contribution is 7.09. The van der Waals surface area contributed by atoms with E-state index < -0.39 is 6.04 Å². The van der Waals surface area contributed by atoms with Gasteiger partial charge in [0.15, 0.2) is 0 Å². The monoisotopic (exact) mass is 300 g/mol. The average molecular weight is 300 g/mol. The molecule has 3 rings (SSSR count). The Balaban J connectivity index is 1.66. The van der Waals surface area contributed by atoms with Crippen LogP contribution in [0.3, 0.4) is 0 Å². The lowest BCUT2D eigenvalue weighted by molar-refractivity contribution is -0.133. The van der Waals surface area contributed by atoms with Crippen LogP contribution < -0.4 is 5.73 Å². The van der Waals surface area contributed by atoms with Gasteiger partial charge in [0, 0.05) is 10.9 Å². The lowest BCUT2D eigenvalue weighted by Crippen LogP contribution is -2.45. The van der Waals surface area contributed by atoms with E-state index in [4.69, 9.17) is 5.73 Å². The number of nitrogens with two attached hydrogens (primary N) is 1. The summed E-state index contributed by atoms with van der Waals surface area (Å²) in [6, 6.07) is 14.0. The van der Waals surface area contributed by atoms with Crippen molar-refractivity contribution in [2.75, 3.05) is 0 Å². The van der Waals surface area contributed by atoms with Crippen LogP contribution in [0.1, 0.15) is 23.3 Å². The maximum Gasteiger partial charge on any atom is 0.240 e. The van der Waals surface area contributed by atoms with Gasteiger partial charge in [-0.3, -0.25) is 4.79 Å². The van der Waals surface area contributed by atoms with Crippen molar-refractivity contribution in [3.8, 4) is 0 Å². The highest BCUT2D eigenvalue weighted by Gasteiger charge is 2.34. The second-order valence-electron chi connectivity index (χ2n) is 5.57. The second kappa shape index (κ2) is 6.41. The van der Waals surface area contributed by atoms with Crippen LogP contribution in [0.15, 0.2) is 47.8 Å². The van der Waals surface area contributed by atoms with Crippen molar-refractivity contribution in [1.29, 1.82) is 0 Å². The molecule has 0 unspecified atom stereocenters. The van der Waals surface area contributed by atoms with Gasteiger partial charge < -0.3 is 10.6 Å². The van der Waals surface area contributed by atoms with Crippen molar-refractivity contribution in [3.63, 3.8) is 0 Å². The molecular weight excluding hydrogens is 280 g/mol. The number of nitrogens with zero attached hydrogens (tertiary/aromatic N) is 1. The minimum Gasteiger partial charge on any atom is -0.333 e. The Morgan fingerprint density at radius 1 is 1.24 bits per heavy atom. The van der Waals surface area contributed by atoms with E-state index in [0.29, 0.717) is 19.0 Å². The van der Waals surface area contributed by atoms with Crippen molar-refractivity contribution in [3.05, 3.63) is 58.3 Å². The predicted molar refractivity (Wildman–Crippen MR) is 86.0 cm³/mol. The van der Waals surface area contributed by atoms with Gasteiger partial charge in [-0.1, -0.05) is 36.4 Å². The molecule has 2 N–H and O–H groups in total. The van der Waals surface area contributed by atoms with Crippen LogP contribution in [0.4, 0.5) is 0 Å². The molecule has 1 aromatic carbocycles. The molecule has 0 bridgehead atoms. The largest absolute Gasteiger partial charge is 0.333 e. The fourth-order valence-electron chi connectivity index (χ4n) is 2.51. The molecule has 1 aliphatic rings. The van der Waals surface area contributed by atoms with Gasteiger partial charge in [-0.2, -0.15) is 0 Å². The lowest BCUT2D eigenvalue weighted by Gasteiger charge is -2.25. The standard InChI is InChI=1S/C17H20N2OS/c18-16(11-13-5-2-1-3-6-13)17(20)19(14-8-9-14)12-15-7-4-10-21-15/h1-7,10,14,16H,8-9,11-12,18H2/t16-/m0/s1. The lowest BCUT2D eigenvalue weighted by atomic mass is 10.1. The number of hydrogen-bond acceptors (Lipinski definition) is 3. The highest BCUT2D eigenvalue weighted by atomic mass is 32.1. The molecule has 1 aromatic heterocycles. The summed E-state index contributed by atoms with van der Waals surface area (Å²) >= 11 is 1.69. The van der Waals surface area contributed by atoms with E-state index in [1.165, 1.54) is 4.88 Å². The van der Waals surface area contributed by atoms with Crippen molar-refractivity contribution >= 4 is 17.2 Å². The molecule has 3 nitrogen and oxygen atoms in total. The zero-order valence-corrected chi connectivity index (χ0v) is 12.8. The fraction of sp³-hybridized carbons (Fsp3) is 0.353. The van der Waals surface area contributed by atoms with Gasteiger partial charge in [0.1, 0.15) is 0 Å². The van der Waals surface area contributed by atoms with E-state index in [1.54, 1.807) is 11.3 Å². The van der Waals surface area contributed by atoms with Crippen molar-refractivity contribution in [1.82, 2.24) is 4.90 Å². The number of amides is 1. The molecule has 0 radical (unpaired) electrons. The Morgan fingerprint density at radius 2 is 2.00 bits per heavy atom. The quantitative estimate of drug-likeness (QED) is 0.891. The Kier molecular flexibility index (Phi) is 4.36. The van der Waals surface area contributed by atoms with Crippen molar-refractivity contribution in [2.45, 2.75) is 37.9 Å². The van der Waals surface area contributed by atoms with Gasteiger partial charge in [-0.05, 0) is 36.3 Å². The smallest absolute Gasteiger partial charge is 0.240 e. The van der Waals surface area contributed by atoms with Crippen LogP contribution >= 0.6 is 11.3 Å². The van der Waals surface area contributed by atoms with E-state index >= 15 is 0 Å². The van der Waals surface area contributed by atoms with Gasteiger partial charge in [-0.15, -0.1) is 11.3 Å². The third-order valence-electron chi connectivity index (χ3n) is 3.79. The number of benzene rings is 1. The minimum atomic E-state index is -0.451. The first kappa shape index (κ1) is 14.3. The maximum absolute atomic E-state index is 12.7. The molecule has 1 amide bonds. The Labute approximate surface area is 129 Å². The van der Waals surface area contributed by atoms with Crippen molar-refractivity contribution in [2.24, 2.45) is 5.73 Å². The number of carbonyl (C=O) groups is 1. The first-order valence-corrected chi connectivity index (χ1v) is 8.24. The highest BCUT2D eigenvalue weighted by Crippen LogP contribution is 2.29. The normalized spacial score (nSPS) is 15.7. The summed E-state index contributed by atoms with van der Waals surface area (Å²) in [4.78, 5) is 15.9. The van der Waals surface area contributed by atoms with E-state index in [1.807, 2.05) is 41.3 Å². The van der Waals surface area contributed by atoms with Crippen LogP contribution in [0.2, 0.25) is 0 Å². The number of hydrogen-bond donors (Lipinski definition) is 1. The zero-order valence-electron chi connectivity index (χ0n) is 11.9. The molecule has 1 fully saturated rings. The zero-order chi connectivity index (χ0) is 14.7. The van der Waals surface area contributed by atoms with Gasteiger partial charge in [0.2, 0.25) is 5.91 Å². The van der Waals surface area contributed by atoms with E-state index in [0.717, 1.165) is 18.4 Å². The topological polar surface area (TPSA) is 46.3 Å². The maximum atomic E-state index is 12.7. The molecule has 0 saturated heterocycles. The molecule has 4 heteroatoms. The minimum absolute atomic E-state index is 0.0785. The molecule has 1 heterocycles. The number of thiophene rings is 1. The Hall–Kier alpha value is -1.65. The Morgan fingerprint density at radius 3 is 2.62 bits per heavy atom. The molecule has 21 heavy (non-hydrogen) atoms. The van der Waals surface area contributed by atoms with Crippen LogP contribution in [-0.2, 0) is 17.8 Å². The Bertz CT molecular complexity index is 578. The van der Waals surface area contributed by atoms with E-state index in [9.17, 15) is 4.79 Å². The number of rotatable bonds is 6. The molecule has 1 atom stereocenters. The van der Waals surface area contributed by atoms with Crippen LogP contribution in [-0.4, -0.2) is 22.9 Å². The third kappa shape index (κ3) is 3.71. The van der Waals surface area contributed by atoms with Crippen LogP contribution in [0.5, 0.6) is 0 Å². The molecule has 0 spiro atoms. The van der Waals surface area contributed by atoms with Gasteiger partial charge in [0.25, 0.3) is 0 Å². The van der Waals surface area contributed by atoms with E-state index in [-0.39, 0.29) is 5.91 Å². The molecule has 1 aliphatic carbocycles. The summed E-state index contributed by atoms with van der Waals surface area (Å²) in [5, 5.41) is 2.05. The molecule has 2 aromatic rings. The first-order valence-electron chi connectivity index (χ1n) is 7.36. The summed E-state index contributed by atoms with van der Waals surface area (Å²) in [6.07, 6.45) is 2.82. The SMILES string of the molecule is N[C@@H](Cc1ccccc1)C(=O)N(Cc1cccs1)C1CC1. The predicted octanol–water partition coefficient (Wildman–Crippen LogP) is 2.81. The summed E-state index contributed by atoms with van der Waals surface area (Å²) in [5.74, 6) is 0.0785. The van der Waals surface area contributed by atoms with Gasteiger partial charge >= 0.3 is 0 Å². The fourth-order valence-corrected chi connectivity index (χ4v) is 3.21. The van der Waals surface area contributed by atoms with Gasteiger partial charge in [0.05, 0.1) is 12.6 Å². The first-order chi connectivity index (χ1) is 10.2. The van der Waals surface area contributed by atoms with E-state index in [2.05, 4.69) is 11.4 Å². The van der Waals surface area contributed by atoms with Crippen LogP contribution in [0.25, 0.3) is 0 Å². The van der Waals surface area contributed by atoms with Gasteiger partial charge in [-0.25, -0.2) is 0 Å². The summed E-state index contributed by atoms with van der Waals surface area (Å²) in [5.41, 5.74) is 7.27. The number of carbonyl (C=O) groups excluding carboxylic acids is 1. The van der Waals surface area contributed by atoms with Crippen LogP contribution in [0, 0.1) is 0 Å². The molecule has 1 saturated carbocycles. The summed E-state index contributed by atoms with van der Waals surface area (Å²) < 4.78 is 0. The molecular formula is C17H20N2OS. The molecule has 0 aliphatic heterocycles. The second-order valence-corrected chi connectivity index (χ2v) is 6.61. The molecule has 110 valence electrons. The average Bonchev–Trinajstić information content (AvgIpc) is 3.21. The summed E-state index contributed by atoms with van der Waals surface area (Å²) in [6.45, 7) is 0.698.